The van der Waals surface area contributed by atoms with Gasteiger partial charge in [-0.05, 0) is 25.5 Å². The van der Waals surface area contributed by atoms with Crippen molar-refractivity contribution >= 4 is 34.8 Å². The monoisotopic (exact) mass is 352 g/mol. The summed E-state index contributed by atoms with van der Waals surface area (Å²) >= 11 is 7.33. The number of carbonyl (C=O) groups is 2. The lowest BCUT2D eigenvalue weighted by molar-refractivity contribution is -0.137. The molecule has 1 heterocycles. The maximum absolute atomic E-state index is 11.9. The van der Waals surface area contributed by atoms with Gasteiger partial charge in [0.2, 0.25) is 5.91 Å². The Morgan fingerprint density at radius 2 is 2.04 bits per heavy atom. The highest BCUT2D eigenvalue weighted by Crippen LogP contribution is 2.25. The smallest absolute Gasteiger partial charge is 0.303 e. The van der Waals surface area contributed by atoms with Crippen molar-refractivity contribution in [3.05, 3.63) is 40.4 Å². The van der Waals surface area contributed by atoms with Crippen LogP contribution in [0.25, 0.3) is 10.6 Å². The van der Waals surface area contributed by atoms with E-state index >= 15 is 0 Å². The normalized spacial score (nSPS) is 11.9. The molecule has 0 saturated heterocycles. The highest BCUT2D eigenvalue weighted by atomic mass is 35.5. The number of carbonyl (C=O) groups excluding carboxylic acids is 1. The predicted molar refractivity (Wildman–Crippen MR) is 90.7 cm³/mol. The molecule has 1 aromatic heterocycles. The quantitative estimate of drug-likeness (QED) is 0.800. The fraction of sp³-hybridized carbons (Fsp3) is 0.312. The minimum absolute atomic E-state index is 0.0405. The zero-order chi connectivity index (χ0) is 16.8. The summed E-state index contributed by atoms with van der Waals surface area (Å²) < 4.78 is 0. The van der Waals surface area contributed by atoms with Crippen molar-refractivity contribution in [2.45, 2.75) is 32.2 Å². The molecule has 23 heavy (non-hydrogen) atoms. The SMILES string of the molecule is CC(CCC(=O)O)NC(=O)Cc1csc(-c2ccc(Cl)cc2)n1. The Hall–Kier alpha value is -1.92. The summed E-state index contributed by atoms with van der Waals surface area (Å²) in [6.45, 7) is 1.79. The summed E-state index contributed by atoms with van der Waals surface area (Å²) in [5, 5.41) is 14.8. The third kappa shape index (κ3) is 5.65. The average Bonchev–Trinajstić information content (AvgIpc) is 2.94. The number of aromatic nitrogens is 1. The van der Waals surface area contributed by atoms with Crippen molar-refractivity contribution < 1.29 is 14.7 Å². The number of nitrogens with one attached hydrogen (secondary N) is 1. The molecule has 0 bridgehead atoms. The van der Waals surface area contributed by atoms with Crippen LogP contribution in [0, 0.1) is 0 Å². The van der Waals surface area contributed by atoms with E-state index in [1.54, 1.807) is 19.1 Å². The lowest BCUT2D eigenvalue weighted by atomic mass is 10.2. The van der Waals surface area contributed by atoms with Gasteiger partial charge in [-0.3, -0.25) is 9.59 Å². The van der Waals surface area contributed by atoms with Crippen LogP contribution in [0.3, 0.4) is 0 Å². The summed E-state index contributed by atoms with van der Waals surface area (Å²) in [6, 6.07) is 7.20. The van der Waals surface area contributed by atoms with Gasteiger partial charge in [-0.2, -0.15) is 0 Å². The van der Waals surface area contributed by atoms with E-state index in [2.05, 4.69) is 10.3 Å². The Balaban J connectivity index is 1.89. The molecule has 122 valence electrons. The number of thiazole rings is 1. The molecule has 2 aromatic rings. The first kappa shape index (κ1) is 17.4. The molecule has 1 aromatic carbocycles. The van der Waals surface area contributed by atoms with Gasteiger partial charge in [0.15, 0.2) is 0 Å². The van der Waals surface area contributed by atoms with Crippen molar-refractivity contribution in [2.24, 2.45) is 0 Å². The number of hydrogen-bond donors (Lipinski definition) is 2. The van der Waals surface area contributed by atoms with Crippen LogP contribution in [0.5, 0.6) is 0 Å². The Kier molecular flexibility index (Phi) is 6.12. The fourth-order valence-corrected chi connectivity index (χ4v) is 2.97. The number of carboxylic acids is 1. The van der Waals surface area contributed by atoms with Crippen LogP contribution in [0.2, 0.25) is 5.02 Å². The first-order chi connectivity index (χ1) is 10.9. The molecule has 0 aliphatic heterocycles. The van der Waals surface area contributed by atoms with Gasteiger partial charge in [-0.1, -0.05) is 23.7 Å². The lowest BCUT2D eigenvalue weighted by Crippen LogP contribution is -2.34. The zero-order valence-corrected chi connectivity index (χ0v) is 14.2. The summed E-state index contributed by atoms with van der Waals surface area (Å²) in [4.78, 5) is 26.9. The number of benzene rings is 1. The van der Waals surface area contributed by atoms with E-state index in [9.17, 15) is 9.59 Å². The minimum Gasteiger partial charge on any atom is -0.481 e. The summed E-state index contributed by atoms with van der Waals surface area (Å²) in [5.41, 5.74) is 1.66. The van der Waals surface area contributed by atoms with Gasteiger partial charge < -0.3 is 10.4 Å². The highest BCUT2D eigenvalue weighted by molar-refractivity contribution is 7.13. The fourth-order valence-electron chi connectivity index (χ4n) is 2.02. The van der Waals surface area contributed by atoms with E-state index in [1.807, 2.05) is 17.5 Å². The topological polar surface area (TPSA) is 79.3 Å². The molecule has 1 amide bonds. The number of aliphatic carboxylic acids is 1. The van der Waals surface area contributed by atoms with Crippen molar-refractivity contribution in [3.63, 3.8) is 0 Å². The molecule has 7 heteroatoms. The number of carboxylic acid groups (broad SMARTS) is 1. The van der Waals surface area contributed by atoms with Crippen molar-refractivity contribution in [1.29, 1.82) is 0 Å². The van der Waals surface area contributed by atoms with Gasteiger partial charge in [0.25, 0.3) is 0 Å². The van der Waals surface area contributed by atoms with E-state index < -0.39 is 5.97 Å². The number of nitrogens with zero attached hydrogens (tertiary/aromatic N) is 1. The van der Waals surface area contributed by atoms with Gasteiger partial charge in [-0.15, -0.1) is 11.3 Å². The van der Waals surface area contributed by atoms with E-state index in [4.69, 9.17) is 16.7 Å². The first-order valence-corrected chi connectivity index (χ1v) is 8.41. The van der Waals surface area contributed by atoms with Crippen LogP contribution in [-0.4, -0.2) is 28.0 Å². The number of amides is 1. The van der Waals surface area contributed by atoms with E-state index in [1.165, 1.54) is 11.3 Å². The van der Waals surface area contributed by atoms with E-state index in [-0.39, 0.29) is 24.8 Å². The Morgan fingerprint density at radius 3 is 2.70 bits per heavy atom. The molecule has 1 unspecified atom stereocenters. The molecule has 0 fully saturated rings. The van der Waals surface area contributed by atoms with Crippen molar-refractivity contribution in [1.82, 2.24) is 10.3 Å². The maximum atomic E-state index is 11.9. The van der Waals surface area contributed by atoms with Crippen LogP contribution in [-0.2, 0) is 16.0 Å². The van der Waals surface area contributed by atoms with Crippen molar-refractivity contribution in [3.8, 4) is 10.6 Å². The molecule has 2 rings (SSSR count). The van der Waals surface area contributed by atoms with Gasteiger partial charge in [0.05, 0.1) is 12.1 Å². The highest BCUT2D eigenvalue weighted by Gasteiger charge is 2.12. The summed E-state index contributed by atoms with van der Waals surface area (Å²) in [6.07, 6.45) is 0.633. The number of hydrogen-bond acceptors (Lipinski definition) is 4. The predicted octanol–water partition coefficient (Wildman–Crippen LogP) is 3.38. The zero-order valence-electron chi connectivity index (χ0n) is 12.6. The van der Waals surface area contributed by atoms with Crippen LogP contribution in [0.15, 0.2) is 29.6 Å². The molecule has 2 N–H and O–H groups in total. The molecule has 0 aliphatic rings. The van der Waals surface area contributed by atoms with Gasteiger partial charge in [-0.25, -0.2) is 4.98 Å². The van der Waals surface area contributed by atoms with Gasteiger partial charge in [0.1, 0.15) is 5.01 Å². The molecule has 0 radical (unpaired) electrons. The third-order valence-electron chi connectivity index (χ3n) is 3.18. The maximum Gasteiger partial charge on any atom is 0.303 e. The summed E-state index contributed by atoms with van der Waals surface area (Å²) in [7, 11) is 0. The third-order valence-corrected chi connectivity index (χ3v) is 4.38. The second kappa shape index (κ2) is 8.08. The van der Waals surface area contributed by atoms with Crippen molar-refractivity contribution in [2.75, 3.05) is 0 Å². The molecular weight excluding hydrogens is 336 g/mol. The van der Waals surface area contributed by atoms with E-state index in [0.717, 1.165) is 10.6 Å². The van der Waals surface area contributed by atoms with Crippen LogP contribution in [0.4, 0.5) is 0 Å². The molecule has 5 nitrogen and oxygen atoms in total. The second-order valence-electron chi connectivity index (χ2n) is 5.23. The van der Waals surface area contributed by atoms with Crippen LogP contribution >= 0.6 is 22.9 Å². The Labute approximate surface area is 143 Å². The molecule has 0 saturated carbocycles. The standard InChI is InChI=1S/C16H17ClN2O3S/c1-10(2-7-15(21)22)18-14(20)8-13-9-23-16(19-13)11-3-5-12(17)6-4-11/h3-6,9-10H,2,7-8H2,1H3,(H,18,20)(H,21,22). The number of halogens is 1. The number of rotatable bonds is 7. The molecular formula is C16H17ClN2O3S. The van der Waals surface area contributed by atoms with Crippen LogP contribution < -0.4 is 5.32 Å². The minimum atomic E-state index is -0.863. The largest absolute Gasteiger partial charge is 0.481 e. The van der Waals surface area contributed by atoms with Gasteiger partial charge >= 0.3 is 5.97 Å². The lowest BCUT2D eigenvalue weighted by Gasteiger charge is -2.11. The second-order valence-corrected chi connectivity index (χ2v) is 6.52. The van der Waals surface area contributed by atoms with Gasteiger partial charge in [0, 0.05) is 28.4 Å². The summed E-state index contributed by atoms with van der Waals surface area (Å²) in [5.74, 6) is -1.02. The average molecular weight is 353 g/mol. The first-order valence-electron chi connectivity index (χ1n) is 7.15. The molecule has 1 atom stereocenters. The molecule has 0 spiro atoms. The Morgan fingerprint density at radius 1 is 1.35 bits per heavy atom. The molecule has 0 aliphatic carbocycles. The van der Waals surface area contributed by atoms with E-state index in [0.29, 0.717) is 17.1 Å². The van der Waals surface area contributed by atoms with Crippen LogP contribution in [0.1, 0.15) is 25.5 Å². The Bertz CT molecular complexity index is 685.